The summed E-state index contributed by atoms with van der Waals surface area (Å²) in [5.41, 5.74) is 2.32. The topological polar surface area (TPSA) is 97.1 Å². The number of nitrogen functional groups attached to an aromatic ring is 1. The fourth-order valence-electron chi connectivity index (χ4n) is 1.40. The summed E-state index contributed by atoms with van der Waals surface area (Å²) in [6, 6.07) is 2.78. The summed E-state index contributed by atoms with van der Waals surface area (Å²) in [5.74, 6) is 5.50. The highest BCUT2D eigenvalue weighted by Crippen LogP contribution is 2.13. The molecule has 1 aromatic rings. The number of anilines is 1. The van der Waals surface area contributed by atoms with Crippen molar-refractivity contribution in [3.05, 3.63) is 18.3 Å². The molecule has 0 aromatic carbocycles. The van der Waals surface area contributed by atoms with Crippen molar-refractivity contribution in [2.24, 2.45) is 5.84 Å². The Morgan fingerprint density at radius 2 is 2.06 bits per heavy atom. The third kappa shape index (κ3) is 3.65. The van der Waals surface area contributed by atoms with Gasteiger partial charge >= 0.3 is 0 Å². The molecule has 17 heavy (non-hydrogen) atoms. The van der Waals surface area contributed by atoms with Gasteiger partial charge in [-0.15, -0.1) is 0 Å². The number of aromatic nitrogens is 1. The van der Waals surface area contributed by atoms with Crippen LogP contribution in [0, 0.1) is 0 Å². The molecule has 0 unspecified atom stereocenters. The molecule has 4 N–H and O–H groups in total. The van der Waals surface area contributed by atoms with Crippen molar-refractivity contribution >= 4 is 15.8 Å². The molecule has 0 aliphatic heterocycles. The van der Waals surface area contributed by atoms with Gasteiger partial charge in [0, 0.05) is 18.3 Å². The first kappa shape index (κ1) is 13.9. The molecule has 0 bridgehead atoms. The molecule has 0 atom stereocenters. The number of rotatable bonds is 6. The van der Waals surface area contributed by atoms with Crippen molar-refractivity contribution in [2.75, 3.05) is 5.43 Å². The van der Waals surface area contributed by atoms with Crippen LogP contribution in [0.1, 0.15) is 26.7 Å². The van der Waals surface area contributed by atoms with Crippen LogP contribution in [0.25, 0.3) is 0 Å². The molecule has 0 fully saturated rings. The fraction of sp³-hybridized carbons (Fsp3) is 0.500. The third-order valence-corrected chi connectivity index (χ3v) is 4.02. The van der Waals surface area contributed by atoms with Crippen LogP contribution < -0.4 is 16.0 Å². The van der Waals surface area contributed by atoms with E-state index in [2.05, 4.69) is 15.1 Å². The van der Waals surface area contributed by atoms with E-state index < -0.39 is 10.0 Å². The zero-order valence-corrected chi connectivity index (χ0v) is 10.8. The second kappa shape index (κ2) is 5.95. The molecule has 0 amide bonds. The number of hydrogen-bond acceptors (Lipinski definition) is 5. The molecule has 0 saturated heterocycles. The van der Waals surface area contributed by atoms with Gasteiger partial charge in [-0.1, -0.05) is 13.8 Å². The normalized spacial score (nSPS) is 11.8. The van der Waals surface area contributed by atoms with E-state index in [4.69, 9.17) is 5.84 Å². The Kier molecular flexibility index (Phi) is 4.86. The lowest BCUT2D eigenvalue weighted by atomic mass is 10.2. The van der Waals surface area contributed by atoms with Crippen LogP contribution >= 0.6 is 0 Å². The highest BCUT2D eigenvalue weighted by atomic mass is 32.2. The predicted octanol–water partition coefficient (Wildman–Crippen LogP) is 0.834. The van der Waals surface area contributed by atoms with Crippen molar-refractivity contribution in [3.8, 4) is 0 Å². The van der Waals surface area contributed by atoms with Gasteiger partial charge in [0.2, 0.25) is 10.0 Å². The van der Waals surface area contributed by atoms with Gasteiger partial charge in [-0.05, 0) is 18.9 Å². The molecule has 0 saturated carbocycles. The first-order chi connectivity index (χ1) is 8.03. The molecule has 7 heteroatoms. The lowest BCUT2D eigenvalue weighted by molar-refractivity contribution is 0.530. The zero-order chi connectivity index (χ0) is 12.9. The maximum Gasteiger partial charge on any atom is 0.241 e. The molecule has 1 heterocycles. The summed E-state index contributed by atoms with van der Waals surface area (Å²) in [5, 5.41) is 0. The third-order valence-electron chi connectivity index (χ3n) is 2.50. The largest absolute Gasteiger partial charge is 0.308 e. The standard InChI is InChI=1S/C10H18N4O2S/c1-3-8(4-2)14-17(15,16)9-5-6-12-10(7-9)13-11/h5-8,14H,3-4,11H2,1-2H3,(H,12,13). The van der Waals surface area contributed by atoms with E-state index in [-0.39, 0.29) is 10.9 Å². The molecule has 1 rings (SSSR count). The zero-order valence-electron chi connectivity index (χ0n) is 9.97. The van der Waals surface area contributed by atoms with Gasteiger partial charge in [-0.3, -0.25) is 0 Å². The Bertz CT molecular complexity index is 457. The van der Waals surface area contributed by atoms with E-state index in [9.17, 15) is 8.42 Å². The second-order valence-electron chi connectivity index (χ2n) is 3.66. The number of nitrogens with zero attached hydrogens (tertiary/aromatic N) is 1. The summed E-state index contributed by atoms with van der Waals surface area (Å²) in [6.45, 7) is 3.88. The summed E-state index contributed by atoms with van der Waals surface area (Å²) >= 11 is 0. The number of pyridine rings is 1. The number of nitrogens with one attached hydrogen (secondary N) is 2. The minimum Gasteiger partial charge on any atom is -0.308 e. The van der Waals surface area contributed by atoms with Gasteiger partial charge in [0.25, 0.3) is 0 Å². The van der Waals surface area contributed by atoms with E-state index in [1.807, 2.05) is 13.8 Å². The van der Waals surface area contributed by atoms with E-state index in [1.165, 1.54) is 18.3 Å². The van der Waals surface area contributed by atoms with Crippen molar-refractivity contribution in [2.45, 2.75) is 37.6 Å². The van der Waals surface area contributed by atoms with Gasteiger partial charge in [0.1, 0.15) is 5.82 Å². The maximum atomic E-state index is 12.0. The van der Waals surface area contributed by atoms with Gasteiger partial charge in [0.05, 0.1) is 4.90 Å². The van der Waals surface area contributed by atoms with Crippen molar-refractivity contribution in [3.63, 3.8) is 0 Å². The second-order valence-corrected chi connectivity index (χ2v) is 5.37. The predicted molar refractivity (Wildman–Crippen MR) is 66.7 cm³/mol. The molecule has 0 aliphatic carbocycles. The Balaban J connectivity index is 2.96. The van der Waals surface area contributed by atoms with E-state index in [0.29, 0.717) is 5.82 Å². The van der Waals surface area contributed by atoms with Crippen LogP contribution in [0.5, 0.6) is 0 Å². The average Bonchev–Trinajstić information content (AvgIpc) is 2.36. The minimum absolute atomic E-state index is 0.0533. The summed E-state index contributed by atoms with van der Waals surface area (Å²) in [4.78, 5) is 4.02. The first-order valence-electron chi connectivity index (χ1n) is 5.48. The minimum atomic E-state index is -3.50. The number of nitrogens with two attached hydrogens (primary N) is 1. The Hall–Kier alpha value is -1.18. The summed E-state index contributed by atoms with van der Waals surface area (Å²) in [7, 11) is -3.50. The van der Waals surface area contributed by atoms with Crippen LogP contribution in [-0.2, 0) is 10.0 Å². The van der Waals surface area contributed by atoms with E-state index in [0.717, 1.165) is 12.8 Å². The quantitative estimate of drug-likeness (QED) is 0.519. The molecule has 1 aromatic heterocycles. The van der Waals surface area contributed by atoms with Crippen molar-refractivity contribution < 1.29 is 8.42 Å². The Labute approximate surface area is 102 Å². The highest BCUT2D eigenvalue weighted by molar-refractivity contribution is 7.89. The fourth-order valence-corrected chi connectivity index (χ4v) is 2.82. The van der Waals surface area contributed by atoms with Gasteiger partial charge in [-0.25, -0.2) is 24.0 Å². The van der Waals surface area contributed by atoms with Crippen molar-refractivity contribution in [1.82, 2.24) is 9.71 Å². The van der Waals surface area contributed by atoms with Crippen LogP contribution in [0.3, 0.4) is 0 Å². The molecular formula is C10H18N4O2S. The number of sulfonamides is 1. The highest BCUT2D eigenvalue weighted by Gasteiger charge is 2.18. The van der Waals surface area contributed by atoms with Crippen LogP contribution in [0.4, 0.5) is 5.82 Å². The Morgan fingerprint density at radius 3 is 2.59 bits per heavy atom. The van der Waals surface area contributed by atoms with Crippen LogP contribution in [-0.4, -0.2) is 19.4 Å². The smallest absolute Gasteiger partial charge is 0.241 e. The first-order valence-corrected chi connectivity index (χ1v) is 6.96. The molecule has 0 spiro atoms. The van der Waals surface area contributed by atoms with Gasteiger partial charge in [0.15, 0.2) is 0 Å². The van der Waals surface area contributed by atoms with E-state index in [1.54, 1.807) is 0 Å². The van der Waals surface area contributed by atoms with E-state index >= 15 is 0 Å². The van der Waals surface area contributed by atoms with Gasteiger partial charge in [-0.2, -0.15) is 0 Å². The van der Waals surface area contributed by atoms with Crippen LogP contribution in [0.2, 0.25) is 0 Å². The monoisotopic (exact) mass is 258 g/mol. The molecule has 0 radical (unpaired) electrons. The summed E-state index contributed by atoms with van der Waals surface area (Å²) < 4.78 is 26.7. The number of hydrazine groups is 1. The maximum absolute atomic E-state index is 12.0. The molecule has 6 nitrogen and oxygen atoms in total. The molecule has 0 aliphatic rings. The number of hydrogen-bond donors (Lipinski definition) is 3. The molecule has 96 valence electrons. The van der Waals surface area contributed by atoms with Gasteiger partial charge < -0.3 is 5.43 Å². The lowest BCUT2D eigenvalue weighted by Crippen LogP contribution is -2.33. The average molecular weight is 258 g/mol. The summed E-state index contributed by atoms with van der Waals surface area (Å²) in [6.07, 6.45) is 2.91. The lowest BCUT2D eigenvalue weighted by Gasteiger charge is -2.15. The van der Waals surface area contributed by atoms with Crippen molar-refractivity contribution in [1.29, 1.82) is 0 Å². The Morgan fingerprint density at radius 1 is 1.41 bits per heavy atom. The SMILES string of the molecule is CCC(CC)NS(=O)(=O)c1ccnc(NN)c1. The van der Waals surface area contributed by atoms with Crippen LogP contribution in [0.15, 0.2) is 23.2 Å². The molecular weight excluding hydrogens is 240 g/mol.